The van der Waals surface area contributed by atoms with Gasteiger partial charge in [-0.1, -0.05) is 17.3 Å². The van der Waals surface area contributed by atoms with Crippen molar-refractivity contribution in [3.05, 3.63) is 58.6 Å². The summed E-state index contributed by atoms with van der Waals surface area (Å²) in [5.41, 5.74) is 2.71. The maximum absolute atomic E-state index is 13.2. The van der Waals surface area contributed by atoms with Gasteiger partial charge in [0.1, 0.15) is 17.5 Å². The largest absolute Gasteiger partial charge is 0.388 e. The average molecular weight is 489 g/mol. The minimum atomic E-state index is -1.05. The highest BCUT2D eigenvalue weighted by Gasteiger charge is 2.39. The van der Waals surface area contributed by atoms with E-state index in [1.807, 2.05) is 43.0 Å². The molecule has 2 aliphatic rings. The predicted molar refractivity (Wildman–Crippen MR) is 132 cm³/mol. The quantitative estimate of drug-likeness (QED) is 0.459. The molecule has 1 saturated carbocycles. The SMILES string of the molecule is Cc1noc(C)c1-c1ccc(-n2ncc3c(=O)n(CC4(O)CCN(C(=O)C5CC5)CC4)cnc32)cc1. The van der Waals surface area contributed by atoms with Crippen molar-refractivity contribution in [3.8, 4) is 16.8 Å². The van der Waals surface area contributed by atoms with Crippen molar-refractivity contribution in [2.45, 2.75) is 51.7 Å². The smallest absolute Gasteiger partial charge is 0.264 e. The lowest BCUT2D eigenvalue weighted by Crippen LogP contribution is -2.50. The maximum Gasteiger partial charge on any atom is 0.264 e. The Morgan fingerprint density at radius 2 is 1.89 bits per heavy atom. The summed E-state index contributed by atoms with van der Waals surface area (Å²) < 4.78 is 8.36. The molecular formula is C26H28N6O4. The van der Waals surface area contributed by atoms with E-state index in [1.165, 1.54) is 17.1 Å². The number of carbonyl (C=O) groups excluding carboxylic acids is 1. The normalized spacial score (nSPS) is 17.6. The lowest BCUT2D eigenvalue weighted by atomic mass is 9.91. The van der Waals surface area contributed by atoms with Gasteiger partial charge in [0.05, 0.1) is 29.7 Å². The van der Waals surface area contributed by atoms with Crippen molar-refractivity contribution < 1.29 is 14.4 Å². The molecule has 0 atom stereocenters. The summed E-state index contributed by atoms with van der Waals surface area (Å²) in [6, 6.07) is 7.76. The van der Waals surface area contributed by atoms with Gasteiger partial charge in [0, 0.05) is 24.6 Å². The Morgan fingerprint density at radius 3 is 2.53 bits per heavy atom. The third-order valence-electron chi connectivity index (χ3n) is 7.39. The van der Waals surface area contributed by atoms with E-state index in [0.717, 1.165) is 41.1 Å². The van der Waals surface area contributed by atoms with Crippen LogP contribution in [0.5, 0.6) is 0 Å². The van der Waals surface area contributed by atoms with Crippen LogP contribution in [0.25, 0.3) is 27.8 Å². The van der Waals surface area contributed by atoms with Crippen LogP contribution in [0.1, 0.15) is 37.1 Å². The fourth-order valence-corrected chi connectivity index (χ4v) is 5.12. The van der Waals surface area contributed by atoms with E-state index in [-0.39, 0.29) is 23.9 Å². The van der Waals surface area contributed by atoms with Gasteiger partial charge in [0.2, 0.25) is 5.91 Å². The Hall–Kier alpha value is -3.79. The van der Waals surface area contributed by atoms with Crippen LogP contribution in [0.2, 0.25) is 0 Å². The number of aryl methyl sites for hydroxylation is 2. The summed E-state index contributed by atoms with van der Waals surface area (Å²) in [7, 11) is 0. The van der Waals surface area contributed by atoms with Gasteiger partial charge in [0.15, 0.2) is 5.65 Å². The molecule has 1 aromatic carbocycles. The molecule has 186 valence electrons. The van der Waals surface area contributed by atoms with Crippen LogP contribution in [0.3, 0.4) is 0 Å². The molecule has 6 rings (SSSR count). The Balaban J connectivity index is 1.22. The zero-order valence-corrected chi connectivity index (χ0v) is 20.3. The van der Waals surface area contributed by atoms with Gasteiger partial charge < -0.3 is 14.5 Å². The lowest BCUT2D eigenvalue weighted by molar-refractivity contribution is -0.137. The first-order chi connectivity index (χ1) is 17.3. The van der Waals surface area contributed by atoms with E-state index in [4.69, 9.17) is 4.52 Å². The molecule has 1 amide bonds. The summed E-state index contributed by atoms with van der Waals surface area (Å²) in [4.78, 5) is 31.9. The molecule has 1 aliphatic heterocycles. The zero-order chi connectivity index (χ0) is 25.0. The highest BCUT2D eigenvalue weighted by molar-refractivity contribution is 5.81. The molecule has 0 unspecified atom stereocenters. The number of likely N-dealkylation sites (tertiary alicyclic amines) is 1. The van der Waals surface area contributed by atoms with Crippen LogP contribution in [-0.2, 0) is 11.3 Å². The fraction of sp³-hybridized carbons (Fsp3) is 0.423. The molecular weight excluding hydrogens is 460 g/mol. The van der Waals surface area contributed by atoms with Crippen LogP contribution < -0.4 is 5.56 Å². The second-order valence-corrected chi connectivity index (χ2v) is 10.0. The van der Waals surface area contributed by atoms with Gasteiger partial charge >= 0.3 is 0 Å². The summed E-state index contributed by atoms with van der Waals surface area (Å²) >= 11 is 0. The third-order valence-corrected chi connectivity index (χ3v) is 7.39. The zero-order valence-electron chi connectivity index (χ0n) is 20.3. The van der Waals surface area contributed by atoms with Crippen molar-refractivity contribution in [2.75, 3.05) is 13.1 Å². The number of amides is 1. The topological polar surface area (TPSA) is 119 Å². The minimum absolute atomic E-state index is 0.136. The van der Waals surface area contributed by atoms with Crippen molar-refractivity contribution in [2.24, 2.45) is 5.92 Å². The molecule has 0 radical (unpaired) electrons. The number of carbonyl (C=O) groups is 1. The molecule has 1 aliphatic carbocycles. The molecule has 4 aromatic rings. The highest BCUT2D eigenvalue weighted by Crippen LogP contribution is 2.33. The van der Waals surface area contributed by atoms with E-state index in [9.17, 15) is 14.7 Å². The number of hydrogen-bond acceptors (Lipinski definition) is 7. The van der Waals surface area contributed by atoms with E-state index in [2.05, 4.69) is 15.2 Å². The van der Waals surface area contributed by atoms with Crippen molar-refractivity contribution in [1.82, 2.24) is 29.4 Å². The Labute approximate surface area is 207 Å². The number of benzene rings is 1. The summed E-state index contributed by atoms with van der Waals surface area (Å²) in [6.45, 7) is 4.95. The molecule has 0 bridgehead atoms. The van der Waals surface area contributed by atoms with Gasteiger partial charge in [-0.15, -0.1) is 0 Å². The van der Waals surface area contributed by atoms with Crippen LogP contribution in [0.4, 0.5) is 0 Å². The van der Waals surface area contributed by atoms with Gasteiger partial charge in [0.25, 0.3) is 5.56 Å². The number of piperidine rings is 1. The standard InChI is InChI=1S/C26H28N6O4/c1-16-22(17(2)36-29-16)18-5-7-20(8-6-18)32-23-21(13-28-32)25(34)31(15-27-23)14-26(35)9-11-30(12-10-26)24(33)19-3-4-19/h5-8,13,15,19,35H,3-4,9-12,14H2,1-2H3. The molecule has 1 saturated heterocycles. The van der Waals surface area contributed by atoms with Crippen molar-refractivity contribution in [1.29, 1.82) is 0 Å². The van der Waals surface area contributed by atoms with E-state index in [0.29, 0.717) is 37.0 Å². The van der Waals surface area contributed by atoms with Crippen LogP contribution in [0, 0.1) is 19.8 Å². The van der Waals surface area contributed by atoms with Crippen molar-refractivity contribution >= 4 is 16.9 Å². The van der Waals surface area contributed by atoms with Gasteiger partial charge in [-0.25, -0.2) is 9.67 Å². The number of aliphatic hydroxyl groups is 1. The van der Waals surface area contributed by atoms with E-state index >= 15 is 0 Å². The van der Waals surface area contributed by atoms with E-state index in [1.54, 1.807) is 4.68 Å². The molecule has 10 nitrogen and oxygen atoms in total. The first kappa shape index (κ1) is 22.7. The van der Waals surface area contributed by atoms with Gasteiger partial charge in [-0.2, -0.15) is 5.10 Å². The van der Waals surface area contributed by atoms with Crippen molar-refractivity contribution in [3.63, 3.8) is 0 Å². The maximum atomic E-state index is 13.2. The highest BCUT2D eigenvalue weighted by atomic mass is 16.5. The molecule has 2 fully saturated rings. The Morgan fingerprint density at radius 1 is 1.17 bits per heavy atom. The number of fused-ring (bicyclic) bond motifs is 1. The molecule has 10 heteroatoms. The minimum Gasteiger partial charge on any atom is -0.388 e. The van der Waals surface area contributed by atoms with Crippen LogP contribution in [0.15, 0.2) is 46.1 Å². The number of aromatic nitrogens is 5. The summed E-state index contributed by atoms with van der Waals surface area (Å²) in [5, 5.41) is 20.0. The first-order valence-electron chi connectivity index (χ1n) is 12.3. The second-order valence-electron chi connectivity index (χ2n) is 10.0. The molecule has 36 heavy (non-hydrogen) atoms. The number of nitrogens with zero attached hydrogens (tertiary/aromatic N) is 6. The van der Waals surface area contributed by atoms with E-state index < -0.39 is 5.60 Å². The molecule has 3 aromatic heterocycles. The number of rotatable bonds is 5. The molecule has 1 N–H and O–H groups in total. The third kappa shape index (κ3) is 3.91. The lowest BCUT2D eigenvalue weighted by Gasteiger charge is -2.38. The average Bonchev–Trinajstić information content (AvgIpc) is 3.55. The molecule has 4 heterocycles. The van der Waals surface area contributed by atoms with Gasteiger partial charge in [-0.05, 0) is 57.2 Å². The van der Waals surface area contributed by atoms with Crippen LogP contribution >= 0.6 is 0 Å². The summed E-state index contributed by atoms with van der Waals surface area (Å²) in [6.07, 6.45) is 5.81. The number of hydrogen-bond donors (Lipinski definition) is 1. The van der Waals surface area contributed by atoms with Crippen LogP contribution in [-0.4, -0.2) is 59.1 Å². The Bertz CT molecular complexity index is 1480. The fourth-order valence-electron chi connectivity index (χ4n) is 5.12. The second kappa shape index (κ2) is 8.41. The molecule has 0 spiro atoms. The first-order valence-corrected chi connectivity index (χ1v) is 12.3. The summed E-state index contributed by atoms with van der Waals surface area (Å²) in [5.74, 6) is 1.13. The monoisotopic (exact) mass is 488 g/mol. The van der Waals surface area contributed by atoms with Gasteiger partial charge in [-0.3, -0.25) is 14.2 Å². The predicted octanol–water partition coefficient (Wildman–Crippen LogP) is 2.62. The Kier molecular flexibility index (Phi) is 5.29.